The van der Waals surface area contributed by atoms with Gasteiger partial charge >= 0.3 is 0 Å². The van der Waals surface area contributed by atoms with Crippen LogP contribution in [0.5, 0.6) is 0 Å². The second-order valence-electron chi connectivity index (χ2n) is 4.49. The van der Waals surface area contributed by atoms with Crippen LogP contribution in [0.4, 0.5) is 0 Å². The van der Waals surface area contributed by atoms with E-state index in [4.69, 9.17) is 5.73 Å². The number of rotatable bonds is 3. The fourth-order valence-corrected chi connectivity index (χ4v) is 2.01. The molecule has 2 atom stereocenters. The van der Waals surface area contributed by atoms with E-state index < -0.39 is 0 Å². The summed E-state index contributed by atoms with van der Waals surface area (Å²) < 4.78 is 0. The Morgan fingerprint density at radius 3 is 2.71 bits per heavy atom. The molecule has 0 aliphatic carbocycles. The van der Waals surface area contributed by atoms with Crippen LogP contribution in [0.25, 0.3) is 0 Å². The van der Waals surface area contributed by atoms with Crippen LogP contribution in [0, 0.1) is 5.92 Å². The monoisotopic (exact) mass is 199 g/mol. The van der Waals surface area contributed by atoms with Crippen molar-refractivity contribution in [3.63, 3.8) is 0 Å². The molecular weight excluding hydrogens is 178 g/mol. The third-order valence-corrected chi connectivity index (χ3v) is 2.83. The largest absolute Gasteiger partial charge is 0.347 e. The Morgan fingerprint density at radius 2 is 2.29 bits per heavy atom. The molecule has 1 rings (SSSR count). The van der Waals surface area contributed by atoms with E-state index in [0.717, 1.165) is 19.5 Å². The number of carbonyl (C=O) groups excluding carboxylic acids is 1. The normalized spacial score (nSPS) is 25.0. The molecule has 2 N–H and O–H groups in total. The first-order chi connectivity index (χ1) is 6.50. The third-order valence-electron chi connectivity index (χ3n) is 2.83. The van der Waals surface area contributed by atoms with Gasteiger partial charge in [-0.15, -0.1) is 0 Å². The van der Waals surface area contributed by atoms with E-state index in [1.807, 2.05) is 0 Å². The molecule has 1 aliphatic rings. The molecular formula is C10H21N3O. The zero-order valence-corrected chi connectivity index (χ0v) is 9.36. The van der Waals surface area contributed by atoms with Crippen molar-refractivity contribution in [3.05, 3.63) is 0 Å². The summed E-state index contributed by atoms with van der Waals surface area (Å²) in [6.07, 6.45) is 1.99. The molecule has 0 bridgehead atoms. The number of likely N-dealkylation sites (N-methyl/N-ethyl adjacent to an activating group) is 1. The minimum atomic E-state index is -0.318. The number of nitrogens with two attached hydrogens (primary N) is 1. The Labute approximate surface area is 86.0 Å². The first-order valence-electron chi connectivity index (χ1n) is 5.16. The van der Waals surface area contributed by atoms with Gasteiger partial charge in [-0.25, -0.2) is 0 Å². The molecule has 4 heteroatoms. The maximum atomic E-state index is 11.5. The highest BCUT2D eigenvalue weighted by Gasteiger charge is 2.25. The zero-order valence-electron chi connectivity index (χ0n) is 9.36. The number of likely N-dealkylation sites (tertiary alicyclic amines) is 1. The van der Waals surface area contributed by atoms with Gasteiger partial charge in [0.05, 0.1) is 6.04 Å². The van der Waals surface area contributed by atoms with Crippen molar-refractivity contribution in [2.45, 2.75) is 18.9 Å². The Kier molecular flexibility index (Phi) is 3.89. The van der Waals surface area contributed by atoms with Crippen LogP contribution >= 0.6 is 0 Å². The number of carbonyl (C=O) groups is 1. The van der Waals surface area contributed by atoms with Gasteiger partial charge in [0, 0.05) is 20.6 Å². The lowest BCUT2D eigenvalue weighted by molar-refractivity contribution is -0.130. The van der Waals surface area contributed by atoms with Gasteiger partial charge in [-0.2, -0.15) is 0 Å². The molecule has 0 saturated carbocycles. The average Bonchev–Trinajstić information content (AvgIpc) is 2.49. The first kappa shape index (κ1) is 11.5. The van der Waals surface area contributed by atoms with Gasteiger partial charge in [0.15, 0.2) is 0 Å². The van der Waals surface area contributed by atoms with Gasteiger partial charge in [0.1, 0.15) is 0 Å². The first-order valence-corrected chi connectivity index (χ1v) is 5.16. The third kappa shape index (κ3) is 2.96. The Morgan fingerprint density at radius 1 is 1.64 bits per heavy atom. The summed E-state index contributed by atoms with van der Waals surface area (Å²) >= 11 is 0. The fourth-order valence-electron chi connectivity index (χ4n) is 2.01. The lowest BCUT2D eigenvalue weighted by Crippen LogP contribution is -2.41. The van der Waals surface area contributed by atoms with E-state index in [9.17, 15) is 4.79 Å². The van der Waals surface area contributed by atoms with E-state index in [1.54, 1.807) is 19.0 Å². The predicted molar refractivity (Wildman–Crippen MR) is 56.9 cm³/mol. The van der Waals surface area contributed by atoms with Gasteiger partial charge in [-0.1, -0.05) is 0 Å². The Bertz CT molecular complexity index is 206. The molecule has 1 heterocycles. The molecule has 0 aromatic heterocycles. The standard InChI is InChI=1S/C10H21N3O/c1-12(2)10(14)9(11)6-8-4-5-13(3)7-8/h8-9H,4-7,11H2,1-3H3. The van der Waals surface area contributed by atoms with Gasteiger partial charge < -0.3 is 15.5 Å². The van der Waals surface area contributed by atoms with Crippen LogP contribution in [-0.2, 0) is 4.79 Å². The molecule has 1 amide bonds. The maximum absolute atomic E-state index is 11.5. The minimum Gasteiger partial charge on any atom is -0.347 e. The summed E-state index contributed by atoms with van der Waals surface area (Å²) in [5, 5.41) is 0. The Balaban J connectivity index is 2.33. The number of hydrogen-bond donors (Lipinski definition) is 1. The van der Waals surface area contributed by atoms with E-state index in [-0.39, 0.29) is 11.9 Å². The lowest BCUT2D eigenvalue weighted by Gasteiger charge is -2.19. The van der Waals surface area contributed by atoms with Crippen molar-refractivity contribution in [1.82, 2.24) is 9.80 Å². The summed E-state index contributed by atoms with van der Waals surface area (Å²) in [5.74, 6) is 0.637. The SMILES string of the molecule is CN1CCC(CC(N)C(=O)N(C)C)C1. The highest BCUT2D eigenvalue weighted by Crippen LogP contribution is 2.19. The Hall–Kier alpha value is -0.610. The van der Waals surface area contributed by atoms with Crippen molar-refractivity contribution in [3.8, 4) is 0 Å². The van der Waals surface area contributed by atoms with Crippen molar-refractivity contribution < 1.29 is 4.79 Å². The van der Waals surface area contributed by atoms with E-state index in [2.05, 4.69) is 11.9 Å². The summed E-state index contributed by atoms with van der Waals surface area (Å²) in [4.78, 5) is 15.4. The number of nitrogens with zero attached hydrogens (tertiary/aromatic N) is 2. The fraction of sp³-hybridized carbons (Fsp3) is 0.900. The van der Waals surface area contributed by atoms with E-state index in [1.165, 1.54) is 6.42 Å². The molecule has 0 aromatic carbocycles. The molecule has 0 spiro atoms. The quantitative estimate of drug-likeness (QED) is 0.681. The highest BCUT2D eigenvalue weighted by atomic mass is 16.2. The van der Waals surface area contributed by atoms with Gasteiger partial charge in [-0.05, 0) is 32.4 Å². The van der Waals surface area contributed by atoms with Crippen LogP contribution in [0.15, 0.2) is 0 Å². The smallest absolute Gasteiger partial charge is 0.238 e. The van der Waals surface area contributed by atoms with Crippen molar-refractivity contribution in [1.29, 1.82) is 0 Å². The number of hydrogen-bond acceptors (Lipinski definition) is 3. The molecule has 4 nitrogen and oxygen atoms in total. The molecule has 1 fully saturated rings. The van der Waals surface area contributed by atoms with Crippen LogP contribution in [0.2, 0.25) is 0 Å². The van der Waals surface area contributed by atoms with Crippen LogP contribution in [0.3, 0.4) is 0 Å². The number of amides is 1. The molecule has 0 radical (unpaired) electrons. The maximum Gasteiger partial charge on any atom is 0.238 e. The van der Waals surface area contributed by atoms with Crippen LogP contribution < -0.4 is 5.73 Å². The molecule has 14 heavy (non-hydrogen) atoms. The van der Waals surface area contributed by atoms with Gasteiger partial charge in [0.25, 0.3) is 0 Å². The van der Waals surface area contributed by atoms with Crippen molar-refractivity contribution >= 4 is 5.91 Å². The zero-order chi connectivity index (χ0) is 10.7. The highest BCUT2D eigenvalue weighted by molar-refractivity contribution is 5.81. The predicted octanol–water partition coefficient (Wildman–Crippen LogP) is -0.256. The van der Waals surface area contributed by atoms with Crippen LogP contribution in [0.1, 0.15) is 12.8 Å². The summed E-state index contributed by atoms with van der Waals surface area (Å²) in [6.45, 7) is 2.21. The van der Waals surface area contributed by atoms with Crippen molar-refractivity contribution in [2.24, 2.45) is 11.7 Å². The van der Waals surface area contributed by atoms with Crippen molar-refractivity contribution in [2.75, 3.05) is 34.2 Å². The molecule has 1 aliphatic heterocycles. The van der Waals surface area contributed by atoms with E-state index >= 15 is 0 Å². The second kappa shape index (κ2) is 4.75. The minimum absolute atomic E-state index is 0.0413. The molecule has 82 valence electrons. The molecule has 1 saturated heterocycles. The van der Waals surface area contributed by atoms with Gasteiger partial charge in [-0.3, -0.25) is 4.79 Å². The summed E-state index contributed by atoms with van der Waals surface area (Å²) in [7, 11) is 5.62. The summed E-state index contributed by atoms with van der Waals surface area (Å²) in [6, 6.07) is -0.318. The van der Waals surface area contributed by atoms with Gasteiger partial charge in [0.2, 0.25) is 5.91 Å². The van der Waals surface area contributed by atoms with Crippen LogP contribution in [-0.4, -0.2) is 56.0 Å². The van der Waals surface area contributed by atoms with E-state index in [0.29, 0.717) is 5.92 Å². The summed E-state index contributed by atoms with van der Waals surface area (Å²) in [5.41, 5.74) is 5.83. The molecule has 2 unspecified atom stereocenters. The molecule has 0 aromatic rings. The second-order valence-corrected chi connectivity index (χ2v) is 4.49. The topological polar surface area (TPSA) is 49.6 Å². The average molecular weight is 199 g/mol. The lowest BCUT2D eigenvalue weighted by atomic mass is 9.99.